The molecule has 0 aliphatic heterocycles. The predicted octanol–water partition coefficient (Wildman–Crippen LogP) is 2.05. The van der Waals surface area contributed by atoms with Gasteiger partial charge in [0.1, 0.15) is 17.9 Å². The Hall–Kier alpha value is -1.64. The van der Waals surface area contributed by atoms with Crippen LogP contribution in [0.5, 0.6) is 5.75 Å². The van der Waals surface area contributed by atoms with E-state index in [0.29, 0.717) is 17.6 Å². The van der Waals surface area contributed by atoms with Crippen LogP contribution in [0.25, 0.3) is 6.08 Å². The average Bonchev–Trinajstić information content (AvgIpc) is 2.15. The second kappa shape index (κ2) is 4.40. The van der Waals surface area contributed by atoms with Crippen LogP contribution in [0.15, 0.2) is 24.3 Å². The molecule has 0 N–H and O–H groups in total. The van der Waals surface area contributed by atoms with Crippen molar-refractivity contribution in [3.05, 3.63) is 35.7 Å². The lowest BCUT2D eigenvalue weighted by atomic mass is 10.2. The highest BCUT2D eigenvalue weighted by Crippen LogP contribution is 2.20. The Balaban J connectivity index is 3.07. The molecule has 1 aromatic rings. The number of carbonyl (C=O) groups is 1. The van der Waals surface area contributed by atoms with Gasteiger partial charge in [-0.2, -0.15) is 0 Å². The Morgan fingerprint density at radius 2 is 2.23 bits per heavy atom. The van der Waals surface area contributed by atoms with Gasteiger partial charge < -0.3 is 4.74 Å². The highest BCUT2D eigenvalue weighted by molar-refractivity contribution is 5.75. The molecule has 2 nitrogen and oxygen atoms in total. The number of allylic oxidation sites excluding steroid dienone is 1. The molecule has 0 heterocycles. The van der Waals surface area contributed by atoms with Gasteiger partial charge in [0.25, 0.3) is 0 Å². The third-order valence-electron chi connectivity index (χ3n) is 1.55. The number of hydrogen-bond donors (Lipinski definition) is 0. The van der Waals surface area contributed by atoms with E-state index in [1.807, 2.05) is 0 Å². The number of carbonyl (C=O) groups excluding carboxylic acids is 1. The largest absolute Gasteiger partial charge is 0.496 e. The van der Waals surface area contributed by atoms with E-state index in [1.165, 1.54) is 37.5 Å². The summed E-state index contributed by atoms with van der Waals surface area (Å²) < 4.78 is 17.7. The monoisotopic (exact) mass is 180 g/mol. The molecule has 13 heavy (non-hydrogen) atoms. The molecule has 0 amide bonds. The lowest BCUT2D eigenvalue weighted by molar-refractivity contribution is -0.104. The Kier molecular flexibility index (Phi) is 3.20. The second-order valence-corrected chi connectivity index (χ2v) is 2.38. The number of hydrogen-bond acceptors (Lipinski definition) is 2. The fourth-order valence-corrected chi connectivity index (χ4v) is 0.978. The maximum absolute atomic E-state index is 12.7. The zero-order valence-corrected chi connectivity index (χ0v) is 7.16. The van der Waals surface area contributed by atoms with Crippen molar-refractivity contribution in [2.75, 3.05) is 7.11 Å². The minimum Gasteiger partial charge on any atom is -0.496 e. The molecular weight excluding hydrogens is 171 g/mol. The van der Waals surface area contributed by atoms with Crippen molar-refractivity contribution >= 4 is 12.4 Å². The zero-order valence-electron chi connectivity index (χ0n) is 7.16. The molecule has 3 heteroatoms. The molecule has 0 aromatic heterocycles. The fourth-order valence-electron chi connectivity index (χ4n) is 0.978. The molecule has 68 valence electrons. The van der Waals surface area contributed by atoms with Gasteiger partial charge in [-0.15, -0.1) is 0 Å². The summed E-state index contributed by atoms with van der Waals surface area (Å²) in [7, 11) is 1.49. The molecule has 0 atom stereocenters. The molecule has 1 rings (SSSR count). The third kappa shape index (κ3) is 2.40. The Bertz CT molecular complexity index is 332. The van der Waals surface area contributed by atoms with E-state index in [1.54, 1.807) is 0 Å². The second-order valence-electron chi connectivity index (χ2n) is 2.38. The molecule has 0 spiro atoms. The Morgan fingerprint density at radius 3 is 2.85 bits per heavy atom. The Morgan fingerprint density at radius 1 is 1.46 bits per heavy atom. The normalized spacial score (nSPS) is 10.3. The maximum Gasteiger partial charge on any atom is 0.142 e. The van der Waals surface area contributed by atoms with E-state index >= 15 is 0 Å². The SMILES string of the molecule is COc1ccc(F)cc1C=CC=O. The molecule has 0 aliphatic carbocycles. The van der Waals surface area contributed by atoms with Crippen LogP contribution >= 0.6 is 0 Å². The number of benzene rings is 1. The van der Waals surface area contributed by atoms with E-state index in [-0.39, 0.29) is 5.82 Å². The van der Waals surface area contributed by atoms with Gasteiger partial charge in [0, 0.05) is 5.56 Å². The summed E-state index contributed by atoms with van der Waals surface area (Å²) in [6.07, 6.45) is 3.41. The number of rotatable bonds is 3. The van der Waals surface area contributed by atoms with Gasteiger partial charge in [-0.1, -0.05) is 0 Å². The van der Waals surface area contributed by atoms with Crippen molar-refractivity contribution in [1.82, 2.24) is 0 Å². The molecule has 0 saturated carbocycles. The molecule has 1 aromatic carbocycles. The van der Waals surface area contributed by atoms with E-state index in [2.05, 4.69) is 0 Å². The van der Waals surface area contributed by atoms with Crippen LogP contribution in [0.1, 0.15) is 5.56 Å². The summed E-state index contributed by atoms with van der Waals surface area (Å²) in [5, 5.41) is 0. The maximum atomic E-state index is 12.7. The van der Waals surface area contributed by atoms with E-state index in [0.717, 1.165) is 0 Å². The topological polar surface area (TPSA) is 26.3 Å². The highest BCUT2D eigenvalue weighted by atomic mass is 19.1. The van der Waals surface area contributed by atoms with Crippen LogP contribution < -0.4 is 4.74 Å². The fraction of sp³-hybridized carbons (Fsp3) is 0.100. The minimum atomic E-state index is -0.355. The van der Waals surface area contributed by atoms with Crippen LogP contribution in [-0.2, 0) is 4.79 Å². The summed E-state index contributed by atoms with van der Waals surface area (Å²) in [6, 6.07) is 4.12. The van der Waals surface area contributed by atoms with Crippen LogP contribution in [0.4, 0.5) is 4.39 Å². The number of methoxy groups -OCH3 is 1. The summed E-state index contributed by atoms with van der Waals surface area (Å²) in [4.78, 5) is 10.0. The van der Waals surface area contributed by atoms with Crippen molar-refractivity contribution in [2.24, 2.45) is 0 Å². The van der Waals surface area contributed by atoms with Gasteiger partial charge in [-0.05, 0) is 30.4 Å². The molecule has 0 radical (unpaired) electrons. The highest BCUT2D eigenvalue weighted by Gasteiger charge is 1.99. The minimum absolute atomic E-state index is 0.355. The van der Waals surface area contributed by atoms with Gasteiger partial charge in [0.05, 0.1) is 7.11 Å². The van der Waals surface area contributed by atoms with Crippen LogP contribution in [0, 0.1) is 5.82 Å². The van der Waals surface area contributed by atoms with E-state index < -0.39 is 0 Å². The van der Waals surface area contributed by atoms with E-state index in [4.69, 9.17) is 4.74 Å². The van der Waals surface area contributed by atoms with Gasteiger partial charge in [-0.3, -0.25) is 4.79 Å². The molecule has 0 saturated heterocycles. The third-order valence-corrected chi connectivity index (χ3v) is 1.55. The number of ether oxygens (including phenoxy) is 1. The molecule has 0 unspecified atom stereocenters. The average molecular weight is 180 g/mol. The first kappa shape index (κ1) is 9.45. The van der Waals surface area contributed by atoms with Gasteiger partial charge in [-0.25, -0.2) is 4.39 Å². The molecule has 0 fully saturated rings. The summed E-state index contributed by atoms with van der Waals surface area (Å²) in [5.74, 6) is 0.186. The first-order valence-electron chi connectivity index (χ1n) is 3.73. The first-order valence-corrected chi connectivity index (χ1v) is 3.73. The van der Waals surface area contributed by atoms with Gasteiger partial charge >= 0.3 is 0 Å². The van der Waals surface area contributed by atoms with Crippen molar-refractivity contribution < 1.29 is 13.9 Å². The van der Waals surface area contributed by atoms with Crippen molar-refractivity contribution in [3.8, 4) is 5.75 Å². The lowest BCUT2D eigenvalue weighted by Crippen LogP contribution is -1.87. The molecule has 0 aliphatic rings. The summed E-state index contributed by atoms with van der Waals surface area (Å²) in [5.41, 5.74) is 0.551. The van der Waals surface area contributed by atoms with Gasteiger partial charge in [0.15, 0.2) is 0 Å². The standard InChI is InChI=1S/C10H9FO2/c1-13-10-5-4-9(11)7-8(10)3-2-6-12/h2-7H,1H3. The lowest BCUT2D eigenvalue weighted by Gasteiger charge is -2.03. The van der Waals surface area contributed by atoms with Crippen molar-refractivity contribution in [2.45, 2.75) is 0 Å². The van der Waals surface area contributed by atoms with Crippen LogP contribution in [-0.4, -0.2) is 13.4 Å². The summed E-state index contributed by atoms with van der Waals surface area (Å²) in [6.45, 7) is 0. The first-order chi connectivity index (χ1) is 6.27. The smallest absolute Gasteiger partial charge is 0.142 e. The zero-order chi connectivity index (χ0) is 9.68. The van der Waals surface area contributed by atoms with Gasteiger partial charge in [0.2, 0.25) is 0 Å². The Labute approximate surface area is 75.6 Å². The van der Waals surface area contributed by atoms with Crippen molar-refractivity contribution in [1.29, 1.82) is 0 Å². The van der Waals surface area contributed by atoms with Crippen molar-refractivity contribution in [3.63, 3.8) is 0 Å². The van der Waals surface area contributed by atoms with Crippen LogP contribution in [0.2, 0.25) is 0 Å². The van der Waals surface area contributed by atoms with E-state index in [9.17, 15) is 9.18 Å². The quantitative estimate of drug-likeness (QED) is 0.525. The molecular formula is C10H9FO2. The molecule has 0 bridgehead atoms. The van der Waals surface area contributed by atoms with Crippen LogP contribution in [0.3, 0.4) is 0 Å². The number of halogens is 1. The predicted molar refractivity (Wildman–Crippen MR) is 48.1 cm³/mol. The summed E-state index contributed by atoms with van der Waals surface area (Å²) >= 11 is 0. The number of aldehydes is 1.